The van der Waals surface area contributed by atoms with Gasteiger partial charge in [0.25, 0.3) is 5.91 Å². The van der Waals surface area contributed by atoms with Crippen LogP contribution in [-0.4, -0.2) is 40.0 Å². The number of benzene rings is 1. The van der Waals surface area contributed by atoms with E-state index in [2.05, 4.69) is 30.9 Å². The first-order chi connectivity index (χ1) is 17.6. The zero-order valence-corrected chi connectivity index (χ0v) is 20.4. The summed E-state index contributed by atoms with van der Waals surface area (Å²) in [6.07, 6.45) is -1.89. The maximum absolute atomic E-state index is 13.2. The Kier molecular flexibility index (Phi) is 7.25. The zero-order valence-electron chi connectivity index (χ0n) is 19.6. The fourth-order valence-corrected chi connectivity index (χ4v) is 4.45. The molecule has 37 heavy (non-hydrogen) atoms. The maximum atomic E-state index is 13.2. The number of urea groups is 1. The minimum absolute atomic E-state index is 0.0345. The predicted molar refractivity (Wildman–Crippen MR) is 135 cm³/mol. The summed E-state index contributed by atoms with van der Waals surface area (Å²) < 4.78 is 39.7. The summed E-state index contributed by atoms with van der Waals surface area (Å²) in [4.78, 5) is 47.9. The molecule has 1 aromatic carbocycles. The van der Waals surface area contributed by atoms with E-state index in [0.717, 1.165) is 16.7 Å². The second-order valence-electron chi connectivity index (χ2n) is 7.79. The first-order valence-corrected chi connectivity index (χ1v) is 12.0. The number of H-pyrrole nitrogens is 1. The first kappa shape index (κ1) is 25.8. The van der Waals surface area contributed by atoms with Crippen molar-refractivity contribution < 1.29 is 22.8 Å². The summed E-state index contributed by atoms with van der Waals surface area (Å²) in [5.41, 5.74) is 0.164. The van der Waals surface area contributed by atoms with Crippen molar-refractivity contribution in [2.24, 2.45) is 0 Å². The number of fused-ring (bicyclic) bond motifs is 1. The molecule has 0 atom stereocenters. The number of aromatic nitrogens is 3. The molecule has 3 heterocycles. The molecule has 0 aliphatic rings. The van der Waals surface area contributed by atoms with Crippen LogP contribution in [0.15, 0.2) is 46.8 Å². The third kappa shape index (κ3) is 5.45. The van der Waals surface area contributed by atoms with Gasteiger partial charge in [-0.3, -0.25) is 14.9 Å². The van der Waals surface area contributed by atoms with Crippen LogP contribution in [0.3, 0.4) is 0 Å². The summed E-state index contributed by atoms with van der Waals surface area (Å²) in [5, 5.41) is 8.93. The lowest BCUT2D eigenvalue weighted by Crippen LogP contribution is -2.28. The molecule has 4 N–H and O–H groups in total. The van der Waals surface area contributed by atoms with Crippen LogP contribution < -0.4 is 21.4 Å². The number of alkyl halides is 3. The van der Waals surface area contributed by atoms with Gasteiger partial charge in [0.05, 0.1) is 0 Å². The van der Waals surface area contributed by atoms with Gasteiger partial charge in [-0.25, -0.2) is 14.8 Å². The van der Waals surface area contributed by atoms with Crippen LogP contribution in [0.5, 0.6) is 0 Å². The normalized spacial score (nSPS) is 11.4. The van der Waals surface area contributed by atoms with Crippen molar-refractivity contribution in [3.8, 4) is 21.7 Å². The van der Waals surface area contributed by atoms with Crippen molar-refractivity contribution in [3.05, 3.63) is 63.5 Å². The van der Waals surface area contributed by atoms with Crippen LogP contribution >= 0.6 is 11.3 Å². The van der Waals surface area contributed by atoms with Gasteiger partial charge in [-0.05, 0) is 37.6 Å². The number of nitrogens with one attached hydrogen (secondary N) is 4. The molecule has 13 heteroatoms. The predicted octanol–water partition coefficient (Wildman–Crippen LogP) is 4.62. The Morgan fingerprint density at radius 2 is 1.84 bits per heavy atom. The number of rotatable bonds is 6. The molecule has 0 spiro atoms. The third-order valence-electron chi connectivity index (χ3n) is 5.28. The Morgan fingerprint density at radius 3 is 2.51 bits per heavy atom. The van der Waals surface area contributed by atoms with Gasteiger partial charge in [0.2, 0.25) is 5.43 Å². The molecule has 4 rings (SSSR count). The molecule has 4 aromatic rings. The van der Waals surface area contributed by atoms with Crippen molar-refractivity contribution in [2.45, 2.75) is 20.0 Å². The van der Waals surface area contributed by atoms with Crippen LogP contribution in [-0.2, 0) is 6.18 Å². The SMILES string of the molecule is CCNC(=O)Nc1cc(-c2nc(C(F)(F)F)cs2)c(-c2ccc3c(=O)c(C(=O)NCC)c[nH]c3c2)cn1. The number of hydrogen-bond donors (Lipinski definition) is 4. The average Bonchev–Trinajstić information content (AvgIpc) is 3.35. The van der Waals surface area contributed by atoms with Crippen LogP contribution in [0.2, 0.25) is 0 Å². The molecule has 0 unspecified atom stereocenters. The van der Waals surface area contributed by atoms with E-state index < -0.39 is 29.2 Å². The highest BCUT2D eigenvalue weighted by atomic mass is 32.1. The van der Waals surface area contributed by atoms with Crippen LogP contribution in [0.4, 0.5) is 23.8 Å². The van der Waals surface area contributed by atoms with Crippen molar-refractivity contribution in [3.63, 3.8) is 0 Å². The number of anilines is 1. The number of aromatic amines is 1. The molecule has 9 nitrogen and oxygen atoms in total. The molecule has 0 fully saturated rings. The van der Waals surface area contributed by atoms with E-state index in [0.29, 0.717) is 35.3 Å². The minimum Gasteiger partial charge on any atom is -0.360 e. The van der Waals surface area contributed by atoms with Gasteiger partial charge in [0, 0.05) is 52.9 Å². The van der Waals surface area contributed by atoms with Crippen molar-refractivity contribution in [2.75, 3.05) is 18.4 Å². The van der Waals surface area contributed by atoms with E-state index in [1.807, 2.05) is 0 Å². The standard InChI is InChI=1S/C24H21F3N6O3S/c1-3-28-21(35)16-10-30-17-7-12(5-6-13(17)20(16)34)15-9-31-19(33-23(36)29-4-2)8-14(15)22-32-18(11-37-22)24(25,26)27/h5-11H,3-4H2,1-2H3,(H,28,35)(H,30,34)(H2,29,31,33,36). The number of thiazole rings is 1. The number of pyridine rings is 2. The van der Waals surface area contributed by atoms with Gasteiger partial charge >= 0.3 is 12.2 Å². The Balaban J connectivity index is 1.82. The molecule has 3 aromatic heterocycles. The maximum Gasteiger partial charge on any atom is 0.434 e. The highest BCUT2D eigenvalue weighted by Gasteiger charge is 2.34. The minimum atomic E-state index is -4.62. The summed E-state index contributed by atoms with van der Waals surface area (Å²) in [5.74, 6) is -0.380. The van der Waals surface area contributed by atoms with E-state index in [1.54, 1.807) is 26.0 Å². The molecule has 0 saturated heterocycles. The van der Waals surface area contributed by atoms with Crippen LogP contribution in [0.1, 0.15) is 29.9 Å². The molecule has 0 saturated carbocycles. The number of halogens is 3. The number of amides is 3. The molecule has 0 aliphatic heterocycles. The van der Waals surface area contributed by atoms with E-state index in [4.69, 9.17) is 0 Å². The van der Waals surface area contributed by atoms with Crippen LogP contribution in [0, 0.1) is 0 Å². The number of nitrogens with zero attached hydrogens (tertiary/aromatic N) is 2. The Bertz CT molecular complexity index is 1550. The highest BCUT2D eigenvalue weighted by Crippen LogP contribution is 2.38. The quantitative estimate of drug-likeness (QED) is 0.289. The Morgan fingerprint density at radius 1 is 1.08 bits per heavy atom. The lowest BCUT2D eigenvalue weighted by Gasteiger charge is -2.12. The van der Waals surface area contributed by atoms with E-state index in [9.17, 15) is 27.6 Å². The largest absolute Gasteiger partial charge is 0.434 e. The lowest BCUT2D eigenvalue weighted by atomic mass is 10.00. The smallest absolute Gasteiger partial charge is 0.360 e. The van der Waals surface area contributed by atoms with Crippen molar-refractivity contribution >= 4 is 40.0 Å². The lowest BCUT2D eigenvalue weighted by molar-refractivity contribution is -0.140. The molecule has 0 radical (unpaired) electrons. The summed E-state index contributed by atoms with van der Waals surface area (Å²) >= 11 is 0.803. The molecule has 3 amide bonds. The van der Waals surface area contributed by atoms with Gasteiger partial charge in [-0.15, -0.1) is 11.3 Å². The number of carbonyl (C=O) groups is 2. The molecule has 0 bridgehead atoms. The van der Waals surface area contributed by atoms with Crippen LogP contribution in [0.25, 0.3) is 32.6 Å². The summed E-state index contributed by atoms with van der Waals surface area (Å²) in [6, 6.07) is 5.69. The van der Waals surface area contributed by atoms with Crippen molar-refractivity contribution in [1.29, 1.82) is 0 Å². The molecule has 192 valence electrons. The van der Waals surface area contributed by atoms with Crippen molar-refractivity contribution in [1.82, 2.24) is 25.6 Å². The summed E-state index contributed by atoms with van der Waals surface area (Å²) in [7, 11) is 0. The zero-order chi connectivity index (χ0) is 26.7. The third-order valence-corrected chi connectivity index (χ3v) is 6.16. The second kappa shape index (κ2) is 10.4. The first-order valence-electron chi connectivity index (χ1n) is 11.1. The van der Waals surface area contributed by atoms with E-state index in [1.165, 1.54) is 24.5 Å². The van der Waals surface area contributed by atoms with Gasteiger partial charge in [0.1, 0.15) is 16.4 Å². The topological polar surface area (TPSA) is 129 Å². The van der Waals surface area contributed by atoms with Gasteiger partial charge in [0.15, 0.2) is 5.69 Å². The monoisotopic (exact) mass is 530 g/mol. The van der Waals surface area contributed by atoms with E-state index >= 15 is 0 Å². The fourth-order valence-electron chi connectivity index (χ4n) is 3.59. The Hall–Kier alpha value is -4.26. The Labute approximate surface area is 212 Å². The number of hydrogen-bond acceptors (Lipinski definition) is 6. The summed E-state index contributed by atoms with van der Waals surface area (Å²) in [6.45, 7) is 4.21. The fraction of sp³-hybridized carbons (Fsp3) is 0.208. The molecule has 0 aliphatic carbocycles. The van der Waals surface area contributed by atoms with Gasteiger partial charge in [-0.1, -0.05) is 6.07 Å². The van der Waals surface area contributed by atoms with Gasteiger partial charge < -0.3 is 15.6 Å². The molecular formula is C24H21F3N6O3S. The van der Waals surface area contributed by atoms with E-state index in [-0.39, 0.29) is 21.8 Å². The number of carbonyl (C=O) groups excluding carboxylic acids is 2. The second-order valence-corrected chi connectivity index (χ2v) is 8.64. The molecular weight excluding hydrogens is 509 g/mol. The highest BCUT2D eigenvalue weighted by molar-refractivity contribution is 7.13. The van der Waals surface area contributed by atoms with Gasteiger partial charge in [-0.2, -0.15) is 13.2 Å². The average molecular weight is 531 g/mol.